The van der Waals surface area contributed by atoms with Crippen LogP contribution in [0.4, 0.5) is 13.9 Å². The van der Waals surface area contributed by atoms with E-state index in [-0.39, 0.29) is 18.0 Å². The van der Waals surface area contributed by atoms with Gasteiger partial charge in [0.05, 0.1) is 24.0 Å². The molecule has 12 heteroatoms. The van der Waals surface area contributed by atoms with Gasteiger partial charge in [-0.05, 0) is 49.7 Å². The molecule has 0 saturated carbocycles. The maximum absolute atomic E-state index is 14.0. The number of carbonyl (C=O) groups is 1. The van der Waals surface area contributed by atoms with Crippen LogP contribution in [-0.4, -0.2) is 31.8 Å². The second-order valence-corrected chi connectivity index (χ2v) is 9.02. The fourth-order valence-corrected chi connectivity index (χ4v) is 4.78. The van der Waals surface area contributed by atoms with Gasteiger partial charge in [-0.15, -0.1) is 0 Å². The van der Waals surface area contributed by atoms with Crippen molar-refractivity contribution >= 4 is 22.4 Å². The molecular formula is C24H18F2N6O3S. The number of nitrogens with zero attached hydrogens (tertiary/aromatic N) is 6. The van der Waals surface area contributed by atoms with Crippen LogP contribution in [0.3, 0.4) is 0 Å². The lowest BCUT2D eigenvalue weighted by Crippen LogP contribution is -2.26. The van der Waals surface area contributed by atoms with Crippen LogP contribution in [0.15, 0.2) is 53.6 Å². The predicted molar refractivity (Wildman–Crippen MR) is 126 cm³/mol. The number of nitriles is 1. The average Bonchev–Trinajstić information content (AvgIpc) is 3.53. The number of aryl methyl sites for hydroxylation is 1. The molecule has 1 amide bonds. The smallest absolute Gasteiger partial charge is 0.350 e. The fraction of sp³-hybridized carbons (Fsp3) is 0.208. The van der Waals surface area contributed by atoms with Crippen molar-refractivity contribution in [3.63, 3.8) is 0 Å². The highest BCUT2D eigenvalue weighted by Crippen LogP contribution is 2.38. The molecule has 1 atom stereocenters. The van der Waals surface area contributed by atoms with Crippen molar-refractivity contribution in [2.75, 3.05) is 11.4 Å². The standard InChI is InChI=1S/C24H18F2N6O3S/c1-14-22(36-23(29-14)31-10-9-15(11-27)21(31)33)35-17-7-5-16(6-8-17)32-24(34)30(13-28-32)12-18-19(25)3-2-4-20(18)26/h2-8,13,15H,9-10,12H2,1H3. The number of rotatable bonds is 6. The van der Waals surface area contributed by atoms with Crippen LogP contribution in [0, 0.1) is 35.8 Å². The van der Waals surface area contributed by atoms with Crippen LogP contribution >= 0.6 is 11.3 Å². The van der Waals surface area contributed by atoms with Crippen molar-refractivity contribution in [3.05, 3.63) is 82.2 Å². The highest BCUT2D eigenvalue weighted by atomic mass is 32.1. The molecular weight excluding hydrogens is 490 g/mol. The predicted octanol–water partition coefficient (Wildman–Crippen LogP) is 3.79. The lowest BCUT2D eigenvalue weighted by atomic mass is 10.1. The maximum atomic E-state index is 14.0. The zero-order chi connectivity index (χ0) is 25.4. The molecule has 1 saturated heterocycles. The number of aromatic nitrogens is 4. The van der Waals surface area contributed by atoms with Crippen LogP contribution in [0.1, 0.15) is 17.7 Å². The van der Waals surface area contributed by atoms with E-state index >= 15 is 0 Å². The zero-order valence-electron chi connectivity index (χ0n) is 18.9. The van der Waals surface area contributed by atoms with Gasteiger partial charge in [-0.1, -0.05) is 17.4 Å². The maximum Gasteiger partial charge on any atom is 0.350 e. The van der Waals surface area contributed by atoms with E-state index in [9.17, 15) is 18.4 Å². The molecule has 3 heterocycles. The summed E-state index contributed by atoms with van der Waals surface area (Å²) in [5.41, 5.74) is 0.260. The Morgan fingerprint density at radius 2 is 1.89 bits per heavy atom. The van der Waals surface area contributed by atoms with Crippen LogP contribution < -0.4 is 15.3 Å². The highest BCUT2D eigenvalue weighted by molar-refractivity contribution is 7.17. The number of hydrogen-bond acceptors (Lipinski definition) is 7. The summed E-state index contributed by atoms with van der Waals surface area (Å²) >= 11 is 1.21. The monoisotopic (exact) mass is 508 g/mol. The molecule has 9 nitrogen and oxygen atoms in total. The van der Waals surface area contributed by atoms with Gasteiger partial charge >= 0.3 is 5.69 Å². The molecule has 2 aromatic carbocycles. The minimum atomic E-state index is -0.739. The summed E-state index contributed by atoms with van der Waals surface area (Å²) in [5, 5.41) is 14.1. The summed E-state index contributed by atoms with van der Waals surface area (Å²) in [4.78, 5) is 31.0. The number of thiazole rings is 1. The lowest BCUT2D eigenvalue weighted by Gasteiger charge is -2.10. The minimum Gasteiger partial charge on any atom is -0.445 e. The number of ether oxygens (including phenoxy) is 1. The number of halogens is 2. The van der Waals surface area contributed by atoms with E-state index in [1.54, 1.807) is 31.2 Å². The van der Waals surface area contributed by atoms with E-state index in [1.165, 1.54) is 28.6 Å². The van der Waals surface area contributed by atoms with Gasteiger partial charge in [-0.25, -0.2) is 18.6 Å². The van der Waals surface area contributed by atoms with Gasteiger partial charge in [0.25, 0.3) is 0 Å². The normalized spacial score (nSPS) is 15.3. The summed E-state index contributed by atoms with van der Waals surface area (Å²) in [5.74, 6) is -1.91. The number of carbonyl (C=O) groups excluding carboxylic acids is 1. The Labute approximate surface area is 207 Å². The summed E-state index contributed by atoms with van der Waals surface area (Å²) in [6, 6.07) is 12.1. The first kappa shape index (κ1) is 23.4. The fourth-order valence-electron chi connectivity index (χ4n) is 3.80. The third kappa shape index (κ3) is 4.25. The molecule has 0 aliphatic carbocycles. The molecule has 4 aromatic rings. The largest absolute Gasteiger partial charge is 0.445 e. The second-order valence-electron chi connectivity index (χ2n) is 8.08. The SMILES string of the molecule is Cc1nc(N2CCC(C#N)C2=O)sc1Oc1ccc(-n2ncn(Cc3c(F)cccc3F)c2=O)cc1. The van der Waals surface area contributed by atoms with Gasteiger partial charge < -0.3 is 4.74 Å². The first-order valence-corrected chi connectivity index (χ1v) is 11.7. The van der Waals surface area contributed by atoms with Gasteiger partial charge in [0, 0.05) is 12.1 Å². The van der Waals surface area contributed by atoms with Crippen molar-refractivity contribution in [1.29, 1.82) is 5.26 Å². The Bertz CT molecular complexity index is 1530. The number of benzene rings is 2. The molecule has 5 rings (SSSR count). The topological polar surface area (TPSA) is 106 Å². The molecule has 182 valence electrons. The second kappa shape index (κ2) is 9.35. The van der Waals surface area contributed by atoms with Gasteiger partial charge in [0.1, 0.15) is 29.6 Å². The van der Waals surface area contributed by atoms with Crippen LogP contribution in [0.25, 0.3) is 5.69 Å². The van der Waals surface area contributed by atoms with Crippen LogP contribution in [0.5, 0.6) is 10.8 Å². The summed E-state index contributed by atoms with van der Waals surface area (Å²) < 4.78 is 36.1. The number of hydrogen-bond donors (Lipinski definition) is 0. The molecule has 0 radical (unpaired) electrons. The minimum absolute atomic E-state index is 0.221. The Morgan fingerprint density at radius 1 is 1.17 bits per heavy atom. The van der Waals surface area contributed by atoms with E-state index in [1.807, 2.05) is 6.07 Å². The molecule has 2 aromatic heterocycles. The van der Waals surface area contributed by atoms with Crippen LogP contribution in [0.2, 0.25) is 0 Å². The van der Waals surface area contributed by atoms with E-state index in [0.29, 0.717) is 40.3 Å². The van der Waals surface area contributed by atoms with Gasteiger partial charge in [0.15, 0.2) is 5.13 Å². The quantitative estimate of drug-likeness (QED) is 0.392. The van der Waals surface area contributed by atoms with E-state index in [0.717, 1.165) is 21.4 Å². The van der Waals surface area contributed by atoms with Crippen molar-refractivity contribution < 1.29 is 18.3 Å². The molecule has 1 aliphatic heterocycles. The number of anilines is 1. The Balaban J connectivity index is 1.32. The van der Waals surface area contributed by atoms with E-state index < -0.39 is 23.2 Å². The first-order valence-electron chi connectivity index (χ1n) is 10.9. The molecule has 36 heavy (non-hydrogen) atoms. The van der Waals surface area contributed by atoms with E-state index in [2.05, 4.69) is 10.1 Å². The average molecular weight is 509 g/mol. The van der Waals surface area contributed by atoms with Gasteiger partial charge in [0.2, 0.25) is 11.0 Å². The Morgan fingerprint density at radius 3 is 2.56 bits per heavy atom. The Kier molecular flexibility index (Phi) is 6.07. The van der Waals surface area contributed by atoms with Crippen molar-refractivity contribution in [2.24, 2.45) is 5.92 Å². The molecule has 0 spiro atoms. The zero-order valence-corrected chi connectivity index (χ0v) is 19.7. The molecule has 1 fully saturated rings. The lowest BCUT2D eigenvalue weighted by molar-refractivity contribution is -0.119. The summed E-state index contributed by atoms with van der Waals surface area (Å²) in [6.45, 7) is 1.90. The third-order valence-corrected chi connectivity index (χ3v) is 6.81. The van der Waals surface area contributed by atoms with Crippen molar-refractivity contribution in [1.82, 2.24) is 19.3 Å². The van der Waals surface area contributed by atoms with E-state index in [4.69, 9.17) is 10.00 Å². The first-order chi connectivity index (χ1) is 17.4. The molecule has 0 N–H and O–H groups in total. The third-order valence-electron chi connectivity index (χ3n) is 5.75. The summed E-state index contributed by atoms with van der Waals surface area (Å²) in [6.07, 6.45) is 1.69. The Hall–Kier alpha value is -4.37. The van der Waals surface area contributed by atoms with Crippen LogP contribution in [-0.2, 0) is 11.3 Å². The molecule has 0 bridgehead atoms. The van der Waals surface area contributed by atoms with Gasteiger partial charge in [-0.2, -0.15) is 15.0 Å². The number of amides is 1. The van der Waals surface area contributed by atoms with Crippen molar-refractivity contribution in [3.8, 4) is 22.6 Å². The molecule has 1 unspecified atom stereocenters. The van der Waals surface area contributed by atoms with Crippen molar-refractivity contribution in [2.45, 2.75) is 19.9 Å². The summed E-state index contributed by atoms with van der Waals surface area (Å²) in [7, 11) is 0. The van der Waals surface area contributed by atoms with Gasteiger partial charge in [-0.3, -0.25) is 14.3 Å². The molecule has 1 aliphatic rings. The highest BCUT2D eigenvalue weighted by Gasteiger charge is 2.34.